The van der Waals surface area contributed by atoms with Gasteiger partial charge in [0, 0.05) is 53.6 Å². The van der Waals surface area contributed by atoms with Crippen LogP contribution in [0.5, 0.6) is 0 Å². The Morgan fingerprint density at radius 3 is 2.38 bits per heavy atom. The molecule has 0 saturated carbocycles. The zero-order chi connectivity index (χ0) is 24.1. The third-order valence-electron chi connectivity index (χ3n) is 6.15. The number of carbonyl (C=O) groups is 1. The number of thioether (sulfide) groups is 1. The molecule has 2 heterocycles. The van der Waals surface area contributed by atoms with Crippen LogP contribution < -0.4 is 10.2 Å². The van der Waals surface area contributed by atoms with Crippen LogP contribution in [0.3, 0.4) is 0 Å². The van der Waals surface area contributed by atoms with E-state index in [1.54, 1.807) is 11.8 Å². The van der Waals surface area contributed by atoms with Crippen molar-refractivity contribution in [3.05, 3.63) is 65.9 Å². The molecular formula is C27H33N5OS. The lowest BCUT2D eigenvalue weighted by molar-refractivity contribution is 0.215. The quantitative estimate of drug-likeness (QED) is 0.456. The molecule has 0 bridgehead atoms. The van der Waals surface area contributed by atoms with E-state index in [9.17, 15) is 4.79 Å². The van der Waals surface area contributed by atoms with E-state index in [0.29, 0.717) is 12.5 Å². The van der Waals surface area contributed by atoms with E-state index in [1.165, 1.54) is 10.5 Å². The Kier molecular flexibility index (Phi) is 7.73. The van der Waals surface area contributed by atoms with Gasteiger partial charge in [0.15, 0.2) is 5.82 Å². The molecule has 3 aromatic rings. The Hall–Kier alpha value is -3.06. The number of aryl methyl sites for hydroxylation is 1. The fraction of sp³-hybridized carbons (Fsp3) is 0.370. The number of urea groups is 1. The molecule has 1 N–H and O–H groups in total. The van der Waals surface area contributed by atoms with E-state index in [0.717, 1.165) is 54.6 Å². The van der Waals surface area contributed by atoms with Crippen molar-refractivity contribution in [2.75, 3.05) is 42.7 Å². The summed E-state index contributed by atoms with van der Waals surface area (Å²) in [7, 11) is 0. The molecule has 1 fully saturated rings. The Balaban J connectivity index is 1.52. The maximum absolute atomic E-state index is 13.0. The normalized spacial score (nSPS) is 14.3. The number of amides is 2. The third-order valence-corrected chi connectivity index (χ3v) is 6.89. The molecule has 1 aromatic heterocycles. The predicted octanol–water partition coefficient (Wildman–Crippen LogP) is 6.04. The van der Waals surface area contributed by atoms with Crippen LogP contribution in [0.4, 0.5) is 16.3 Å². The zero-order valence-corrected chi connectivity index (χ0v) is 21.2. The molecule has 0 atom stereocenters. The Labute approximate surface area is 206 Å². The van der Waals surface area contributed by atoms with Gasteiger partial charge in [0.2, 0.25) is 0 Å². The van der Waals surface area contributed by atoms with Gasteiger partial charge >= 0.3 is 6.03 Å². The number of benzene rings is 2. The van der Waals surface area contributed by atoms with Gasteiger partial charge in [0.25, 0.3) is 0 Å². The third kappa shape index (κ3) is 5.53. The molecule has 6 nitrogen and oxygen atoms in total. The second-order valence-electron chi connectivity index (χ2n) is 8.88. The summed E-state index contributed by atoms with van der Waals surface area (Å²) in [4.78, 5) is 28.2. The van der Waals surface area contributed by atoms with Crippen LogP contribution in [0.1, 0.15) is 37.4 Å². The fourth-order valence-electron chi connectivity index (χ4n) is 4.41. The minimum absolute atomic E-state index is 0.0494. The summed E-state index contributed by atoms with van der Waals surface area (Å²) in [6, 6.07) is 18.1. The van der Waals surface area contributed by atoms with Gasteiger partial charge in [-0.3, -0.25) is 0 Å². The van der Waals surface area contributed by atoms with Crippen LogP contribution in [0.15, 0.2) is 59.5 Å². The lowest BCUT2D eigenvalue weighted by Crippen LogP contribution is -2.38. The fourth-order valence-corrected chi connectivity index (χ4v) is 4.82. The molecule has 0 radical (unpaired) electrons. The molecule has 1 saturated heterocycles. The number of rotatable bonds is 5. The lowest BCUT2D eigenvalue weighted by atomic mass is 10.0. The summed E-state index contributed by atoms with van der Waals surface area (Å²) in [5.74, 6) is 2.06. The SMILES string of the molecule is CSc1ccc(NC(=O)N2CCCN(c3nc(-c4ccccc4)nc(C)c3C(C)C)CC2)cc1. The number of aromatic nitrogens is 2. The van der Waals surface area contributed by atoms with Crippen molar-refractivity contribution in [1.29, 1.82) is 0 Å². The van der Waals surface area contributed by atoms with Gasteiger partial charge in [0.1, 0.15) is 5.82 Å². The molecule has 0 spiro atoms. The zero-order valence-electron chi connectivity index (χ0n) is 20.4. The van der Waals surface area contributed by atoms with Gasteiger partial charge in [0.05, 0.1) is 0 Å². The second kappa shape index (κ2) is 10.9. The average Bonchev–Trinajstić information content (AvgIpc) is 3.11. The first-order valence-corrected chi connectivity index (χ1v) is 13.1. The minimum Gasteiger partial charge on any atom is -0.354 e. The predicted molar refractivity (Wildman–Crippen MR) is 142 cm³/mol. The van der Waals surface area contributed by atoms with Crippen LogP contribution in [0.25, 0.3) is 11.4 Å². The molecule has 34 heavy (non-hydrogen) atoms. The molecule has 1 aliphatic heterocycles. The number of anilines is 2. The number of hydrogen-bond donors (Lipinski definition) is 1. The summed E-state index contributed by atoms with van der Waals surface area (Å²) < 4.78 is 0. The summed E-state index contributed by atoms with van der Waals surface area (Å²) in [5, 5.41) is 3.05. The van der Waals surface area contributed by atoms with Gasteiger partial charge < -0.3 is 15.1 Å². The minimum atomic E-state index is -0.0494. The topological polar surface area (TPSA) is 61.4 Å². The molecule has 178 valence electrons. The highest BCUT2D eigenvalue weighted by molar-refractivity contribution is 7.98. The molecule has 4 rings (SSSR count). The van der Waals surface area contributed by atoms with E-state index >= 15 is 0 Å². The molecule has 0 unspecified atom stereocenters. The largest absolute Gasteiger partial charge is 0.354 e. The van der Waals surface area contributed by atoms with Crippen molar-refractivity contribution in [2.45, 2.75) is 38.0 Å². The molecule has 2 amide bonds. The van der Waals surface area contributed by atoms with Crippen LogP contribution in [0, 0.1) is 6.92 Å². The first kappa shape index (κ1) is 24.1. The van der Waals surface area contributed by atoms with Crippen molar-refractivity contribution in [3.63, 3.8) is 0 Å². The second-order valence-corrected chi connectivity index (χ2v) is 9.76. The van der Waals surface area contributed by atoms with Crippen molar-refractivity contribution < 1.29 is 4.79 Å². The standard InChI is InChI=1S/C27H33N5OS/c1-19(2)24-20(3)28-25(21-9-6-5-7-10-21)30-26(24)31-15-8-16-32(18-17-31)27(33)29-22-11-13-23(34-4)14-12-22/h5-7,9-14,19H,8,15-18H2,1-4H3,(H,29,33). The van der Waals surface area contributed by atoms with Gasteiger partial charge in [-0.1, -0.05) is 44.2 Å². The molecule has 2 aromatic carbocycles. The molecule has 1 aliphatic rings. The molecule has 0 aliphatic carbocycles. The Morgan fingerprint density at radius 1 is 0.971 bits per heavy atom. The van der Waals surface area contributed by atoms with Crippen molar-refractivity contribution >= 4 is 29.3 Å². The smallest absolute Gasteiger partial charge is 0.321 e. The van der Waals surface area contributed by atoms with Crippen LogP contribution >= 0.6 is 11.8 Å². The van der Waals surface area contributed by atoms with E-state index in [4.69, 9.17) is 9.97 Å². The summed E-state index contributed by atoms with van der Waals surface area (Å²) >= 11 is 1.69. The maximum atomic E-state index is 13.0. The maximum Gasteiger partial charge on any atom is 0.321 e. The van der Waals surface area contributed by atoms with Crippen molar-refractivity contribution in [2.24, 2.45) is 0 Å². The summed E-state index contributed by atoms with van der Waals surface area (Å²) in [6.07, 6.45) is 2.93. The average molecular weight is 476 g/mol. The molecular weight excluding hydrogens is 442 g/mol. The summed E-state index contributed by atoms with van der Waals surface area (Å²) in [6.45, 7) is 9.43. The van der Waals surface area contributed by atoms with Crippen LogP contribution in [-0.4, -0.2) is 53.3 Å². The highest BCUT2D eigenvalue weighted by Crippen LogP contribution is 2.31. The Morgan fingerprint density at radius 2 is 1.71 bits per heavy atom. The Bertz CT molecular complexity index is 1120. The molecule has 7 heteroatoms. The number of hydrogen-bond acceptors (Lipinski definition) is 5. The van der Waals surface area contributed by atoms with Gasteiger partial charge in [-0.15, -0.1) is 11.8 Å². The van der Waals surface area contributed by atoms with Crippen molar-refractivity contribution in [1.82, 2.24) is 14.9 Å². The van der Waals surface area contributed by atoms with E-state index in [-0.39, 0.29) is 6.03 Å². The van der Waals surface area contributed by atoms with Crippen molar-refractivity contribution in [3.8, 4) is 11.4 Å². The first-order valence-electron chi connectivity index (χ1n) is 11.8. The van der Waals surface area contributed by atoms with E-state index < -0.39 is 0 Å². The van der Waals surface area contributed by atoms with Gasteiger partial charge in [-0.25, -0.2) is 14.8 Å². The van der Waals surface area contributed by atoms with Gasteiger partial charge in [-0.05, 0) is 49.8 Å². The van der Waals surface area contributed by atoms with Gasteiger partial charge in [-0.2, -0.15) is 0 Å². The highest BCUT2D eigenvalue weighted by Gasteiger charge is 2.24. The number of carbonyl (C=O) groups excluding carboxylic acids is 1. The monoisotopic (exact) mass is 475 g/mol. The highest BCUT2D eigenvalue weighted by atomic mass is 32.2. The van der Waals surface area contributed by atoms with E-state index in [1.807, 2.05) is 65.8 Å². The first-order chi connectivity index (χ1) is 16.5. The number of nitrogens with one attached hydrogen (secondary N) is 1. The van der Waals surface area contributed by atoms with Crippen LogP contribution in [0.2, 0.25) is 0 Å². The summed E-state index contributed by atoms with van der Waals surface area (Å²) in [5.41, 5.74) is 4.05. The van der Waals surface area contributed by atoms with Crippen LogP contribution in [-0.2, 0) is 0 Å². The van der Waals surface area contributed by atoms with E-state index in [2.05, 4.69) is 31.0 Å². The number of nitrogens with zero attached hydrogens (tertiary/aromatic N) is 4. The lowest BCUT2D eigenvalue weighted by Gasteiger charge is -2.27.